The average molecular weight is 1440 g/mol. The number of amides is 5. The van der Waals surface area contributed by atoms with Crippen molar-refractivity contribution in [3.8, 4) is 0 Å². The van der Waals surface area contributed by atoms with Crippen LogP contribution in [-0.2, 0) is 132 Å². The van der Waals surface area contributed by atoms with Gasteiger partial charge >= 0.3 is 0 Å². The van der Waals surface area contributed by atoms with E-state index in [1.54, 1.807) is 60.6 Å². The number of nitrogens with two attached hydrogens (primary N) is 1. The normalized spacial score (nSPS) is 11.0. The number of nitrogens with one attached hydrogen (secondary N) is 5. The van der Waals surface area contributed by atoms with E-state index in [2.05, 4.69) is 51.1 Å². The maximum atomic E-state index is 12.2. The van der Waals surface area contributed by atoms with Crippen LogP contribution >= 0.6 is 0 Å². The number of ketones is 9. The van der Waals surface area contributed by atoms with Crippen molar-refractivity contribution in [2.45, 2.75) is 164 Å². The summed E-state index contributed by atoms with van der Waals surface area (Å²) in [6.45, 7) is 20.0. The molecule has 3 atom stereocenters. The average Bonchev–Trinajstić information content (AvgIpc) is 1.69. The number of hydrogen-bond acceptors (Lipinski definition) is 28. The van der Waals surface area contributed by atoms with Gasteiger partial charge in [0.1, 0.15) is 84.8 Å². The Balaban J connectivity index is -0.000000283. The molecule has 1 aromatic heterocycles. The molecule has 0 aliphatic rings. The third-order valence-electron chi connectivity index (χ3n) is 11.8. The van der Waals surface area contributed by atoms with Gasteiger partial charge in [0.2, 0.25) is 29.5 Å². The molecule has 0 spiro atoms. The predicted molar refractivity (Wildman–Crippen MR) is 368 cm³/mol. The van der Waals surface area contributed by atoms with Crippen LogP contribution in [0.15, 0.2) is 6.20 Å². The fourth-order valence-corrected chi connectivity index (χ4v) is 6.43. The first-order valence-electron chi connectivity index (χ1n) is 32.7. The molecule has 0 unspecified atom stereocenters. The second-order valence-corrected chi connectivity index (χ2v) is 21.6. The molecule has 0 radical (unpaired) electrons. The maximum Gasteiger partial charge on any atom is 0.246 e. The summed E-state index contributed by atoms with van der Waals surface area (Å²) in [7, 11) is 10.5. The number of nitrogens with zero attached hydrogens (tertiary/aromatic N) is 3. The van der Waals surface area contributed by atoms with Crippen molar-refractivity contribution < 1.29 is 119 Å². The second-order valence-electron chi connectivity index (χ2n) is 21.6. The smallest absolute Gasteiger partial charge is 0.246 e. The molecule has 0 bridgehead atoms. The molecular weight excluding hydrogens is 1320 g/mol. The van der Waals surface area contributed by atoms with Gasteiger partial charge in [-0.25, -0.2) is 4.68 Å². The third kappa shape index (κ3) is 83.5. The van der Waals surface area contributed by atoms with Gasteiger partial charge in [-0.3, -0.25) is 62.3 Å². The summed E-state index contributed by atoms with van der Waals surface area (Å²) < 4.78 is 55.8. The zero-order valence-corrected chi connectivity index (χ0v) is 62.4. The number of methoxy groups -OCH3 is 7. The van der Waals surface area contributed by atoms with Crippen molar-refractivity contribution in [3.05, 3.63) is 11.9 Å². The molecule has 0 aliphatic heterocycles. The third-order valence-corrected chi connectivity index (χ3v) is 11.8. The molecule has 0 fully saturated rings. The molecular formula is C66H121N9O25. The van der Waals surface area contributed by atoms with Crippen LogP contribution in [0.4, 0.5) is 0 Å². The number of aryl methyl sites for hydroxylation is 1. The minimum Gasteiger partial charge on any atom is -0.384 e. The van der Waals surface area contributed by atoms with E-state index in [1.807, 2.05) is 6.20 Å². The first-order valence-corrected chi connectivity index (χ1v) is 32.7. The molecule has 1 heterocycles. The molecule has 5 amide bonds. The topological polar surface area (TPSA) is 457 Å². The fraction of sp³-hybridized carbons (Fsp3) is 0.758. The molecule has 0 aromatic carbocycles. The molecule has 1 rings (SSSR count). The second kappa shape index (κ2) is 76.2. The highest BCUT2D eigenvalue weighted by molar-refractivity contribution is 5.93. The summed E-state index contributed by atoms with van der Waals surface area (Å²) in [6, 6.07) is -2.28. The van der Waals surface area contributed by atoms with Gasteiger partial charge in [0.15, 0.2) is 5.78 Å². The van der Waals surface area contributed by atoms with Crippen molar-refractivity contribution in [2.75, 3.05) is 169 Å². The Bertz CT molecular complexity index is 2360. The van der Waals surface area contributed by atoms with Crippen molar-refractivity contribution >= 4 is 81.6 Å². The van der Waals surface area contributed by atoms with E-state index in [0.29, 0.717) is 137 Å². The van der Waals surface area contributed by atoms with E-state index in [9.17, 15) is 67.1 Å². The maximum absolute atomic E-state index is 12.2. The highest BCUT2D eigenvalue weighted by atomic mass is 16.6. The SMILES string of the molecule is CCC(=O)C[C@H](N)C(C)=O.CCC(=O)C[C@H](NC(=O)COC)C(=O)NCCOCCOCCOCCOCCC(C)=O.COCC(=O)NCCCC[C@H](NC(=O)COC)C(=O)NCC(C)=O.COCC(C)=O.COCCC(C)=O.COCCC(C)=O.COCCn1cc(CCC(C)=O)nn1. The molecule has 0 aliphatic carbocycles. The quantitative estimate of drug-likeness (QED) is 0.0486. The lowest BCUT2D eigenvalue weighted by Gasteiger charge is -2.18. The number of carbonyl (C=O) groups excluding carboxylic acids is 14. The minimum absolute atomic E-state index is 0.00313. The van der Waals surface area contributed by atoms with Crippen molar-refractivity contribution in [2.24, 2.45) is 5.73 Å². The lowest BCUT2D eigenvalue weighted by atomic mass is 10.1. The molecule has 1 aromatic rings. The zero-order valence-electron chi connectivity index (χ0n) is 62.4. The number of aromatic nitrogens is 3. The van der Waals surface area contributed by atoms with Gasteiger partial charge in [0.05, 0.1) is 97.5 Å². The van der Waals surface area contributed by atoms with Gasteiger partial charge in [-0.1, -0.05) is 19.1 Å². The number of carbonyl (C=O) groups is 14. The number of Topliss-reactive ketones (excluding diaryl/α,β-unsaturated/α-hetero) is 9. The van der Waals surface area contributed by atoms with Crippen LogP contribution in [-0.4, -0.2) is 283 Å². The van der Waals surface area contributed by atoms with Gasteiger partial charge in [-0.15, -0.1) is 5.10 Å². The van der Waals surface area contributed by atoms with Crippen molar-refractivity contribution in [1.29, 1.82) is 0 Å². The van der Waals surface area contributed by atoms with Gasteiger partial charge < -0.3 is 89.2 Å². The molecule has 100 heavy (non-hydrogen) atoms. The molecule has 7 N–H and O–H groups in total. The first-order chi connectivity index (χ1) is 47.4. The Kier molecular flexibility index (Phi) is 79.3. The lowest BCUT2D eigenvalue weighted by molar-refractivity contribution is -0.132. The van der Waals surface area contributed by atoms with Gasteiger partial charge in [-0.2, -0.15) is 0 Å². The van der Waals surface area contributed by atoms with E-state index in [4.69, 9.17) is 43.6 Å². The van der Waals surface area contributed by atoms with Crippen LogP contribution < -0.4 is 32.3 Å². The Morgan fingerprint density at radius 1 is 0.440 bits per heavy atom. The summed E-state index contributed by atoms with van der Waals surface area (Å²) in [6.07, 6.45) is 7.04. The highest BCUT2D eigenvalue weighted by Crippen LogP contribution is 2.03. The van der Waals surface area contributed by atoms with Crippen LogP contribution in [0, 0.1) is 0 Å². The Morgan fingerprint density at radius 2 is 0.870 bits per heavy atom. The van der Waals surface area contributed by atoms with E-state index in [-0.39, 0.29) is 123 Å². The zero-order chi connectivity index (χ0) is 77.3. The number of rotatable bonds is 53. The number of unbranched alkanes of at least 4 members (excludes halogenated alkanes) is 1. The van der Waals surface area contributed by atoms with E-state index in [1.165, 1.54) is 56.1 Å². The van der Waals surface area contributed by atoms with Crippen molar-refractivity contribution in [1.82, 2.24) is 41.6 Å². The standard InChI is InChI=1S/C21H38N2O9.C15H27N3O6.C9H15N3O2.C7H13NO2.2C5H10O2.C4H8O2/c1-4-18(25)15-19(23-20(26)16-28-3)21(27)22-6-8-30-10-12-32-14-13-31-11-9-29-7-5-17(2)24;1-11(19)8-17-15(22)12(18-14(21)10-24-3)6-4-5-7-16-13(20)9-23-2;1-8(13)3-4-9-7-12(11-10-9)5-6-14-2;1-3-6(10)4-7(8)5(2)9;2*1-5(6)3-4-7-2;1-4(5)3-6-2/h19H,4-16H2,1-3H3,(H,22,27)(H,23,26);12H,4-10H2,1-3H3,(H,16,20)(H,17,22)(H,18,21);7H,3-6H2,1-2H3;7H,3-4,8H2,1-2H3;2*3-4H2,1-2H3;3H2,1-2H3/t19-;12-;;7-;;;/m00.0.../s1. The fourth-order valence-electron chi connectivity index (χ4n) is 6.43. The van der Waals surface area contributed by atoms with Crippen LogP contribution in [0.3, 0.4) is 0 Å². The van der Waals surface area contributed by atoms with E-state index < -0.39 is 41.8 Å². The van der Waals surface area contributed by atoms with Crippen LogP contribution in [0.5, 0.6) is 0 Å². The summed E-state index contributed by atoms with van der Waals surface area (Å²) in [4.78, 5) is 154. The molecule has 34 heteroatoms. The Labute approximate surface area is 590 Å². The highest BCUT2D eigenvalue weighted by Gasteiger charge is 2.23. The van der Waals surface area contributed by atoms with E-state index >= 15 is 0 Å². The molecule has 34 nitrogen and oxygen atoms in total. The molecule has 0 saturated heterocycles. The lowest BCUT2D eigenvalue weighted by Crippen LogP contribution is -2.49. The number of hydrogen-bond donors (Lipinski definition) is 6. The number of ether oxygens (including phenoxy) is 11. The van der Waals surface area contributed by atoms with Gasteiger partial charge in [0.25, 0.3) is 0 Å². The van der Waals surface area contributed by atoms with Crippen LogP contribution in [0.2, 0.25) is 0 Å². The van der Waals surface area contributed by atoms with E-state index in [0.717, 1.165) is 5.69 Å². The van der Waals surface area contributed by atoms with Crippen molar-refractivity contribution in [3.63, 3.8) is 0 Å². The Hall–Kier alpha value is -6.96. The molecule has 0 saturated carbocycles. The summed E-state index contributed by atoms with van der Waals surface area (Å²) in [5, 5.41) is 20.7. The summed E-state index contributed by atoms with van der Waals surface area (Å²) in [5.74, 6) is -1.61. The van der Waals surface area contributed by atoms with Gasteiger partial charge in [0, 0.05) is 120 Å². The van der Waals surface area contributed by atoms with Gasteiger partial charge in [-0.05, 0) is 74.1 Å². The minimum atomic E-state index is -0.937. The monoisotopic (exact) mass is 1440 g/mol. The first kappa shape index (κ1) is 104. The summed E-state index contributed by atoms with van der Waals surface area (Å²) in [5.41, 5.74) is 6.18. The predicted octanol–water partition coefficient (Wildman–Crippen LogP) is 0.568. The molecule has 580 valence electrons. The van der Waals surface area contributed by atoms with Crippen LogP contribution in [0.25, 0.3) is 0 Å². The largest absolute Gasteiger partial charge is 0.384 e. The van der Waals surface area contributed by atoms with Crippen LogP contribution in [0.1, 0.15) is 139 Å². The Morgan fingerprint density at radius 3 is 1.28 bits per heavy atom. The summed E-state index contributed by atoms with van der Waals surface area (Å²) >= 11 is 0.